The summed E-state index contributed by atoms with van der Waals surface area (Å²) in [4.78, 5) is 0. The van der Waals surface area contributed by atoms with Gasteiger partial charge in [-0.1, -0.05) is 79.1 Å². The van der Waals surface area contributed by atoms with E-state index in [4.69, 9.17) is 0 Å². The minimum Gasteiger partial charge on any atom is -0.213 e. The summed E-state index contributed by atoms with van der Waals surface area (Å²) in [6.07, 6.45) is 0. The Morgan fingerprint density at radius 1 is 0.303 bits per heavy atom. The summed E-state index contributed by atoms with van der Waals surface area (Å²) < 4.78 is 0. The van der Waals surface area contributed by atoms with Crippen LogP contribution in [0.3, 0.4) is 0 Å². The van der Waals surface area contributed by atoms with Gasteiger partial charge in [0.25, 0.3) is 0 Å². The summed E-state index contributed by atoms with van der Waals surface area (Å²) in [5, 5.41) is 0. The van der Waals surface area contributed by atoms with Gasteiger partial charge in [-0.25, -0.2) is 48.5 Å². The molecule has 0 spiro atoms. The van der Waals surface area contributed by atoms with Crippen molar-refractivity contribution in [1.82, 2.24) is 0 Å². The Bertz CT molecular complexity index is 700. The third-order valence-corrected chi connectivity index (χ3v) is 5.42. The largest absolute Gasteiger partial charge is 4.00 e. The van der Waals surface area contributed by atoms with Gasteiger partial charge in [0.2, 0.25) is 0 Å². The third-order valence-electron chi connectivity index (χ3n) is 5.42. The minimum atomic E-state index is 0. The molecule has 0 bridgehead atoms. The molecule has 0 radical (unpaired) electrons. The quantitative estimate of drug-likeness (QED) is 0.184. The van der Waals surface area contributed by atoms with Crippen molar-refractivity contribution in [3.05, 3.63) is 119 Å². The number of rotatable bonds is 4. The molecular formula is C32H44Mo. The second-order valence-corrected chi connectivity index (χ2v) is 9.49. The van der Waals surface area contributed by atoms with Gasteiger partial charge in [0.15, 0.2) is 0 Å². The monoisotopic (exact) mass is 526 g/mol. The second-order valence-electron chi connectivity index (χ2n) is 9.49. The molecule has 0 aliphatic rings. The van der Waals surface area contributed by atoms with Gasteiger partial charge in [-0.2, -0.15) is 70.8 Å². The van der Waals surface area contributed by atoms with Crippen LogP contribution in [0.5, 0.6) is 0 Å². The van der Waals surface area contributed by atoms with E-state index in [-0.39, 0.29) is 21.1 Å². The van der Waals surface area contributed by atoms with Crippen LogP contribution in [0, 0.1) is 0 Å². The van der Waals surface area contributed by atoms with E-state index in [1.807, 2.05) is 0 Å². The van der Waals surface area contributed by atoms with Crippen LogP contribution < -0.4 is 0 Å². The predicted octanol–water partition coefficient (Wildman–Crippen LogP) is 10.1. The summed E-state index contributed by atoms with van der Waals surface area (Å²) in [6, 6.07) is 33.9. The van der Waals surface area contributed by atoms with E-state index >= 15 is 0 Å². The molecule has 4 aromatic carbocycles. The molecule has 0 aromatic heterocycles. The fourth-order valence-electron chi connectivity index (χ4n) is 3.10. The van der Waals surface area contributed by atoms with Crippen molar-refractivity contribution < 1.29 is 21.1 Å². The van der Waals surface area contributed by atoms with Crippen LogP contribution in [0.1, 0.15) is 101 Å². The van der Waals surface area contributed by atoms with E-state index in [9.17, 15) is 0 Å². The summed E-state index contributed by atoms with van der Waals surface area (Å²) >= 11 is 0. The van der Waals surface area contributed by atoms with E-state index in [0.717, 1.165) is 0 Å². The topological polar surface area (TPSA) is 0 Å². The molecule has 0 atom stereocenters. The normalized spacial score (nSPS) is 10.1. The first-order valence-corrected chi connectivity index (χ1v) is 12.1. The van der Waals surface area contributed by atoms with Crippen LogP contribution in [0.15, 0.2) is 97.1 Å². The van der Waals surface area contributed by atoms with Crippen molar-refractivity contribution in [2.45, 2.75) is 79.1 Å². The Morgan fingerprint density at radius 2 is 0.424 bits per heavy atom. The van der Waals surface area contributed by atoms with E-state index in [1.54, 1.807) is 0 Å². The van der Waals surface area contributed by atoms with Crippen LogP contribution >= 0.6 is 0 Å². The summed E-state index contributed by atoms with van der Waals surface area (Å²) in [5.41, 5.74) is 5.74. The summed E-state index contributed by atoms with van der Waals surface area (Å²) in [7, 11) is 0. The maximum Gasteiger partial charge on any atom is 4.00 e. The van der Waals surface area contributed by atoms with Crippen LogP contribution in [-0.4, -0.2) is 0 Å². The molecule has 33 heavy (non-hydrogen) atoms. The number of hydrogen-bond donors (Lipinski definition) is 0. The fraction of sp³-hybridized carbons (Fsp3) is 0.375. The Labute approximate surface area is 218 Å². The minimum absolute atomic E-state index is 0. The molecule has 178 valence electrons. The summed E-state index contributed by atoms with van der Waals surface area (Å²) in [6.45, 7) is 17.6. The average molecular weight is 525 g/mol. The molecule has 0 N–H and O–H groups in total. The first-order chi connectivity index (χ1) is 15.2. The molecule has 4 aromatic rings. The van der Waals surface area contributed by atoms with Gasteiger partial charge in [-0.05, 0) is 0 Å². The Balaban J connectivity index is 0.000000410. The van der Waals surface area contributed by atoms with Crippen molar-refractivity contribution in [3.63, 3.8) is 0 Å². The molecule has 0 aliphatic carbocycles. The van der Waals surface area contributed by atoms with E-state index in [1.165, 1.54) is 22.3 Å². The van der Waals surface area contributed by atoms with Crippen molar-refractivity contribution >= 4 is 0 Å². The van der Waals surface area contributed by atoms with Crippen LogP contribution in [0.2, 0.25) is 0 Å². The Hall–Kier alpha value is -1.91. The molecule has 4 rings (SSSR count). The molecule has 0 heterocycles. The first kappa shape index (κ1) is 31.1. The zero-order valence-electron chi connectivity index (χ0n) is 22.0. The van der Waals surface area contributed by atoms with Crippen LogP contribution in [0.25, 0.3) is 0 Å². The van der Waals surface area contributed by atoms with Crippen molar-refractivity contribution in [3.8, 4) is 0 Å². The van der Waals surface area contributed by atoms with Crippen LogP contribution in [0.4, 0.5) is 0 Å². The van der Waals surface area contributed by atoms with E-state index in [2.05, 4.69) is 152 Å². The maximum absolute atomic E-state index is 2.20. The SMILES string of the molecule is CC(C)[c-]1cccc1.CC(C)[c-]1cccc1.CC(C)[c-]1cccc1.CC(C)[c-]1cccc1.[Mo+4]. The number of hydrogen-bond acceptors (Lipinski definition) is 0. The standard InChI is InChI=1S/4C8H11.Mo/c4*1-7(2)8-5-3-4-6-8;/h4*3-7H,1-2H3;/q4*-1;+4. The zero-order chi connectivity index (χ0) is 23.9. The van der Waals surface area contributed by atoms with E-state index in [0.29, 0.717) is 23.7 Å². The summed E-state index contributed by atoms with van der Waals surface area (Å²) in [5.74, 6) is 2.74. The van der Waals surface area contributed by atoms with Gasteiger partial charge in [-0.15, -0.1) is 0 Å². The first-order valence-electron chi connectivity index (χ1n) is 12.1. The maximum atomic E-state index is 2.20. The van der Waals surface area contributed by atoms with Gasteiger partial charge in [0.05, 0.1) is 0 Å². The fourth-order valence-corrected chi connectivity index (χ4v) is 3.10. The molecule has 0 unspecified atom stereocenters. The van der Waals surface area contributed by atoms with Gasteiger partial charge in [0, 0.05) is 0 Å². The predicted molar refractivity (Wildman–Crippen MR) is 144 cm³/mol. The van der Waals surface area contributed by atoms with Crippen LogP contribution in [-0.2, 0) is 21.1 Å². The van der Waals surface area contributed by atoms with Gasteiger partial charge >= 0.3 is 21.1 Å². The van der Waals surface area contributed by atoms with Crippen molar-refractivity contribution in [2.24, 2.45) is 0 Å². The van der Waals surface area contributed by atoms with Crippen molar-refractivity contribution in [1.29, 1.82) is 0 Å². The molecule has 1 heteroatoms. The molecule has 0 saturated heterocycles. The Morgan fingerprint density at radius 3 is 0.485 bits per heavy atom. The molecular weight excluding hydrogens is 480 g/mol. The second kappa shape index (κ2) is 17.5. The van der Waals surface area contributed by atoms with Gasteiger partial charge in [-0.3, -0.25) is 0 Å². The smallest absolute Gasteiger partial charge is 0.213 e. The third kappa shape index (κ3) is 13.4. The molecule has 0 saturated carbocycles. The van der Waals surface area contributed by atoms with Gasteiger partial charge < -0.3 is 0 Å². The molecule has 0 aliphatic heterocycles. The van der Waals surface area contributed by atoms with E-state index < -0.39 is 0 Å². The molecule has 0 amide bonds. The zero-order valence-corrected chi connectivity index (χ0v) is 24.0. The van der Waals surface area contributed by atoms with Crippen molar-refractivity contribution in [2.75, 3.05) is 0 Å². The van der Waals surface area contributed by atoms with Gasteiger partial charge in [0.1, 0.15) is 0 Å². The molecule has 0 fully saturated rings. The Kier molecular flexibility index (Phi) is 16.5. The average Bonchev–Trinajstić information content (AvgIpc) is 3.56. The molecule has 0 nitrogen and oxygen atoms in total.